The van der Waals surface area contributed by atoms with Gasteiger partial charge in [0.2, 0.25) is 0 Å². The van der Waals surface area contributed by atoms with Crippen molar-refractivity contribution in [2.24, 2.45) is 0 Å². The molecule has 1 rings (SSSR count). The van der Waals surface area contributed by atoms with Gasteiger partial charge in [0, 0.05) is 0 Å². The second kappa shape index (κ2) is 4.31. The lowest BCUT2D eigenvalue weighted by atomic mass is 10.4. The van der Waals surface area contributed by atoms with Gasteiger partial charge in [0.25, 0.3) is 11.5 Å². The summed E-state index contributed by atoms with van der Waals surface area (Å²) in [5.41, 5.74) is 0. The minimum atomic E-state index is -0.810. The monoisotopic (exact) mass is 200 g/mol. The van der Waals surface area contributed by atoms with Crippen LogP contribution in [0.3, 0.4) is 0 Å². The highest BCUT2D eigenvalue weighted by atomic mass is 16.6. The molecule has 0 atom stereocenters. The Morgan fingerprint density at radius 2 is 1.36 bits per heavy atom. The topological polar surface area (TPSA) is 71.1 Å². The fraction of sp³-hybridized carbons (Fsp3) is 0.250. The van der Waals surface area contributed by atoms with Gasteiger partial charge in [0.05, 0.1) is 14.2 Å². The van der Waals surface area contributed by atoms with Crippen LogP contribution in [0.15, 0.2) is 24.0 Å². The van der Waals surface area contributed by atoms with Crippen LogP contribution in [-0.4, -0.2) is 26.2 Å². The second-order valence-electron chi connectivity index (χ2n) is 2.15. The van der Waals surface area contributed by atoms with Crippen molar-refractivity contribution in [1.82, 2.24) is 0 Å². The quantitative estimate of drug-likeness (QED) is 0.587. The Labute approximate surface area is 79.7 Å². The van der Waals surface area contributed by atoms with Crippen LogP contribution in [-0.2, 0) is 28.5 Å². The average molecular weight is 200 g/mol. The molecular formula is C8H8O6. The summed E-state index contributed by atoms with van der Waals surface area (Å²) in [5.74, 6) is -2.28. The van der Waals surface area contributed by atoms with Crippen molar-refractivity contribution in [2.45, 2.75) is 0 Å². The smallest absolute Gasteiger partial charge is 0.378 e. The lowest BCUT2D eigenvalue weighted by Gasteiger charge is -2.12. The molecule has 0 aromatic heterocycles. The summed E-state index contributed by atoms with van der Waals surface area (Å²) in [4.78, 5) is 22.1. The zero-order valence-corrected chi connectivity index (χ0v) is 7.60. The van der Waals surface area contributed by atoms with E-state index in [2.05, 4.69) is 9.47 Å². The molecule has 1 heterocycles. The molecule has 0 radical (unpaired) electrons. The summed E-state index contributed by atoms with van der Waals surface area (Å²) in [5, 5.41) is 0. The molecule has 0 saturated heterocycles. The number of carbonyl (C=O) groups excluding carboxylic acids is 2. The molecule has 0 amide bonds. The Hall–Kier alpha value is -1.98. The first-order valence-electron chi connectivity index (χ1n) is 3.60. The maximum atomic E-state index is 11.1. The van der Waals surface area contributed by atoms with Crippen molar-refractivity contribution < 1.29 is 28.5 Å². The molecule has 6 heteroatoms. The molecule has 6 nitrogen and oxygen atoms in total. The van der Waals surface area contributed by atoms with Gasteiger partial charge >= 0.3 is 11.9 Å². The van der Waals surface area contributed by atoms with E-state index in [0.29, 0.717) is 0 Å². The Morgan fingerprint density at radius 1 is 1.00 bits per heavy atom. The molecule has 0 aromatic carbocycles. The Bertz CT molecular complexity index is 284. The number of rotatable bonds is 2. The number of hydrogen-bond donors (Lipinski definition) is 0. The minimum Gasteiger partial charge on any atom is -0.463 e. The summed E-state index contributed by atoms with van der Waals surface area (Å²) in [6.07, 6.45) is 2.22. The minimum absolute atomic E-state index is 0.332. The molecule has 1 aliphatic rings. The summed E-state index contributed by atoms with van der Waals surface area (Å²) in [6.45, 7) is 0. The molecule has 0 fully saturated rings. The molecular weight excluding hydrogens is 192 g/mol. The maximum Gasteiger partial charge on any atom is 0.378 e. The fourth-order valence-corrected chi connectivity index (χ4v) is 0.766. The SMILES string of the molecule is COC(=O)C1=C(C(=O)OC)OC=CO1. The van der Waals surface area contributed by atoms with Gasteiger partial charge in [0.1, 0.15) is 12.5 Å². The van der Waals surface area contributed by atoms with Crippen LogP contribution in [0.1, 0.15) is 0 Å². The van der Waals surface area contributed by atoms with Crippen LogP contribution < -0.4 is 0 Å². The third kappa shape index (κ3) is 1.85. The Morgan fingerprint density at radius 3 is 1.64 bits per heavy atom. The average Bonchev–Trinajstić information content (AvgIpc) is 2.27. The first-order valence-corrected chi connectivity index (χ1v) is 3.60. The zero-order valence-electron chi connectivity index (χ0n) is 7.60. The van der Waals surface area contributed by atoms with Crippen LogP contribution in [0.4, 0.5) is 0 Å². The molecule has 0 aromatic rings. The standard InChI is InChI=1S/C8H8O6/c1-11-7(9)5-6(8(10)12-2)14-4-3-13-5/h3-4H,1-2H3. The highest BCUT2D eigenvalue weighted by molar-refractivity contribution is 5.97. The Kier molecular flexibility index (Phi) is 3.11. The van der Waals surface area contributed by atoms with E-state index < -0.39 is 11.9 Å². The number of carbonyl (C=O) groups is 2. The predicted molar refractivity (Wildman–Crippen MR) is 42.4 cm³/mol. The van der Waals surface area contributed by atoms with Crippen molar-refractivity contribution in [3.05, 3.63) is 24.0 Å². The number of esters is 2. The zero-order chi connectivity index (χ0) is 10.6. The molecule has 1 aliphatic heterocycles. The predicted octanol–water partition coefficient (Wildman–Crippen LogP) is 0.0620. The van der Waals surface area contributed by atoms with Crippen LogP contribution in [0.2, 0.25) is 0 Å². The normalized spacial score (nSPS) is 14.1. The third-order valence-electron chi connectivity index (χ3n) is 1.38. The highest BCUT2D eigenvalue weighted by Crippen LogP contribution is 2.16. The van der Waals surface area contributed by atoms with Crippen molar-refractivity contribution in [3.8, 4) is 0 Å². The summed E-state index contributed by atoms with van der Waals surface area (Å²) >= 11 is 0. The van der Waals surface area contributed by atoms with E-state index in [1.165, 1.54) is 0 Å². The summed E-state index contributed by atoms with van der Waals surface area (Å²) < 4.78 is 18.3. The first kappa shape index (κ1) is 10.1. The lowest BCUT2D eigenvalue weighted by Crippen LogP contribution is -2.18. The highest BCUT2D eigenvalue weighted by Gasteiger charge is 2.27. The van der Waals surface area contributed by atoms with Crippen LogP contribution in [0.25, 0.3) is 0 Å². The molecule has 0 N–H and O–H groups in total. The second-order valence-corrected chi connectivity index (χ2v) is 2.15. The van der Waals surface area contributed by atoms with E-state index in [0.717, 1.165) is 26.7 Å². The van der Waals surface area contributed by atoms with Crippen molar-refractivity contribution in [2.75, 3.05) is 14.2 Å². The van der Waals surface area contributed by atoms with Crippen molar-refractivity contribution in [1.29, 1.82) is 0 Å². The van der Waals surface area contributed by atoms with Gasteiger partial charge in [0.15, 0.2) is 0 Å². The first-order chi connectivity index (χ1) is 6.70. The van der Waals surface area contributed by atoms with Gasteiger partial charge in [-0.05, 0) is 0 Å². The van der Waals surface area contributed by atoms with Gasteiger partial charge in [-0.15, -0.1) is 0 Å². The van der Waals surface area contributed by atoms with E-state index in [4.69, 9.17) is 9.47 Å². The fourth-order valence-electron chi connectivity index (χ4n) is 0.766. The molecule has 0 saturated carbocycles. The number of ether oxygens (including phenoxy) is 4. The Balaban J connectivity index is 2.97. The van der Waals surface area contributed by atoms with Gasteiger partial charge in [-0.2, -0.15) is 0 Å². The van der Waals surface area contributed by atoms with Crippen LogP contribution >= 0.6 is 0 Å². The van der Waals surface area contributed by atoms with Crippen LogP contribution in [0.5, 0.6) is 0 Å². The summed E-state index contributed by atoms with van der Waals surface area (Å²) in [6, 6.07) is 0. The maximum absolute atomic E-state index is 11.1. The lowest BCUT2D eigenvalue weighted by molar-refractivity contribution is -0.144. The van der Waals surface area contributed by atoms with Gasteiger partial charge in [-0.1, -0.05) is 0 Å². The summed E-state index contributed by atoms with van der Waals surface area (Å²) in [7, 11) is 2.32. The number of hydrogen-bond acceptors (Lipinski definition) is 6. The van der Waals surface area contributed by atoms with E-state index in [9.17, 15) is 9.59 Å². The molecule has 0 aliphatic carbocycles. The number of methoxy groups -OCH3 is 2. The largest absolute Gasteiger partial charge is 0.463 e. The van der Waals surface area contributed by atoms with E-state index in [-0.39, 0.29) is 11.5 Å². The van der Waals surface area contributed by atoms with Gasteiger partial charge in [-0.3, -0.25) is 0 Å². The third-order valence-corrected chi connectivity index (χ3v) is 1.38. The molecule has 0 spiro atoms. The molecule has 14 heavy (non-hydrogen) atoms. The van der Waals surface area contributed by atoms with Crippen molar-refractivity contribution in [3.63, 3.8) is 0 Å². The molecule has 0 unspecified atom stereocenters. The van der Waals surface area contributed by atoms with Crippen LogP contribution in [0, 0.1) is 0 Å². The van der Waals surface area contributed by atoms with E-state index in [1.807, 2.05) is 0 Å². The van der Waals surface area contributed by atoms with E-state index in [1.54, 1.807) is 0 Å². The van der Waals surface area contributed by atoms with Gasteiger partial charge in [-0.25, -0.2) is 9.59 Å². The van der Waals surface area contributed by atoms with E-state index >= 15 is 0 Å². The molecule has 76 valence electrons. The van der Waals surface area contributed by atoms with Crippen molar-refractivity contribution >= 4 is 11.9 Å². The van der Waals surface area contributed by atoms with Gasteiger partial charge < -0.3 is 18.9 Å². The molecule has 0 bridgehead atoms.